The van der Waals surface area contributed by atoms with Crippen LogP contribution < -0.4 is 5.32 Å². The molecule has 0 spiro atoms. The molecule has 84 valence electrons. The molecule has 0 aliphatic rings. The Morgan fingerprint density at radius 1 is 1.12 bits per heavy atom. The van der Waals surface area contributed by atoms with E-state index in [2.05, 4.69) is 39.1 Å². The minimum absolute atomic E-state index is 0.827. The quantitative estimate of drug-likeness (QED) is 0.764. The third kappa shape index (κ3) is 2.12. The van der Waals surface area contributed by atoms with Crippen molar-refractivity contribution in [3.05, 3.63) is 52.9 Å². The topological polar surface area (TPSA) is 37.8 Å². The molecule has 0 bridgehead atoms. The Morgan fingerprint density at radius 3 is 2.94 bits per heavy atom. The fourth-order valence-corrected chi connectivity index (χ4v) is 2.39. The second-order valence-electron chi connectivity index (χ2n) is 3.71. The second kappa shape index (κ2) is 4.51. The monoisotopic (exact) mass is 241 g/mol. The average molecular weight is 241 g/mol. The van der Waals surface area contributed by atoms with E-state index in [1.54, 1.807) is 17.5 Å². The molecule has 0 aliphatic carbocycles. The summed E-state index contributed by atoms with van der Waals surface area (Å²) in [4.78, 5) is 1.31. The van der Waals surface area contributed by atoms with Crippen LogP contribution in [0.2, 0.25) is 0 Å². The first-order valence-corrected chi connectivity index (χ1v) is 6.28. The first-order chi connectivity index (χ1) is 8.43. The minimum Gasteiger partial charge on any atom is -0.378 e. The van der Waals surface area contributed by atoms with Gasteiger partial charge in [0, 0.05) is 16.8 Å². The number of fused-ring (bicyclic) bond motifs is 1. The number of nitrogens with zero attached hydrogens (tertiary/aromatic N) is 2. The number of hydrogen-bond acceptors (Lipinski definition) is 4. The summed E-state index contributed by atoms with van der Waals surface area (Å²) in [7, 11) is 0. The van der Waals surface area contributed by atoms with Crippen LogP contribution in [0.5, 0.6) is 0 Å². The van der Waals surface area contributed by atoms with E-state index in [9.17, 15) is 0 Å². The Morgan fingerprint density at radius 2 is 2.06 bits per heavy atom. The fraction of sp³-hybridized carbons (Fsp3) is 0.0769. The standard InChI is InChI=1S/C13H11N3S/c1-2-6-12-11(5-1)13(9-15-16-12)14-8-10-4-3-7-17-10/h1-7,9H,8H2,(H,14,16). The zero-order valence-corrected chi connectivity index (χ0v) is 9.95. The first kappa shape index (κ1) is 10.2. The molecule has 0 saturated heterocycles. The van der Waals surface area contributed by atoms with Crippen molar-refractivity contribution in [2.24, 2.45) is 0 Å². The van der Waals surface area contributed by atoms with E-state index < -0.39 is 0 Å². The molecule has 3 nitrogen and oxygen atoms in total. The number of hydrogen-bond donors (Lipinski definition) is 1. The molecule has 3 aromatic rings. The lowest BCUT2D eigenvalue weighted by molar-refractivity contribution is 1.06. The van der Waals surface area contributed by atoms with E-state index >= 15 is 0 Å². The molecular weight excluding hydrogens is 230 g/mol. The molecule has 2 heterocycles. The maximum Gasteiger partial charge on any atom is 0.0950 e. The van der Waals surface area contributed by atoms with Gasteiger partial charge in [-0.05, 0) is 17.5 Å². The lowest BCUT2D eigenvalue weighted by Gasteiger charge is -2.07. The van der Waals surface area contributed by atoms with Gasteiger partial charge in [-0.3, -0.25) is 0 Å². The van der Waals surface area contributed by atoms with Crippen LogP contribution in [0, 0.1) is 0 Å². The third-order valence-electron chi connectivity index (χ3n) is 2.58. The predicted molar refractivity (Wildman–Crippen MR) is 71.2 cm³/mol. The van der Waals surface area contributed by atoms with Crippen LogP contribution >= 0.6 is 11.3 Å². The highest BCUT2D eigenvalue weighted by molar-refractivity contribution is 7.09. The summed E-state index contributed by atoms with van der Waals surface area (Å²) >= 11 is 1.75. The molecule has 1 N–H and O–H groups in total. The van der Waals surface area contributed by atoms with Gasteiger partial charge in [-0.1, -0.05) is 24.3 Å². The Bertz CT molecular complexity index is 614. The van der Waals surface area contributed by atoms with E-state index in [-0.39, 0.29) is 0 Å². The lowest BCUT2D eigenvalue weighted by atomic mass is 10.2. The van der Waals surface area contributed by atoms with E-state index in [1.807, 2.05) is 18.2 Å². The summed E-state index contributed by atoms with van der Waals surface area (Å²) in [6.07, 6.45) is 1.77. The third-order valence-corrected chi connectivity index (χ3v) is 3.46. The van der Waals surface area contributed by atoms with Crippen molar-refractivity contribution >= 4 is 27.9 Å². The van der Waals surface area contributed by atoms with Crippen molar-refractivity contribution in [3.63, 3.8) is 0 Å². The Hall–Kier alpha value is -1.94. The molecule has 0 amide bonds. The molecule has 0 fully saturated rings. The van der Waals surface area contributed by atoms with Crippen molar-refractivity contribution in [1.29, 1.82) is 0 Å². The summed E-state index contributed by atoms with van der Waals surface area (Å²) in [5, 5.41) is 14.7. The van der Waals surface area contributed by atoms with Gasteiger partial charge in [0.1, 0.15) is 0 Å². The number of thiophene rings is 1. The van der Waals surface area contributed by atoms with Gasteiger partial charge in [0.2, 0.25) is 0 Å². The summed E-state index contributed by atoms with van der Waals surface area (Å²) in [6, 6.07) is 12.2. The van der Waals surface area contributed by atoms with Gasteiger partial charge < -0.3 is 5.32 Å². The van der Waals surface area contributed by atoms with Gasteiger partial charge >= 0.3 is 0 Å². The SMILES string of the molecule is c1csc(CNc2cnnc3ccccc23)c1. The molecule has 4 heteroatoms. The summed E-state index contributed by atoms with van der Waals surface area (Å²) in [5.74, 6) is 0. The molecule has 3 rings (SSSR count). The van der Waals surface area contributed by atoms with E-state index in [4.69, 9.17) is 0 Å². The van der Waals surface area contributed by atoms with Crippen LogP contribution in [-0.4, -0.2) is 10.2 Å². The van der Waals surface area contributed by atoms with Crippen LogP contribution in [0.3, 0.4) is 0 Å². The van der Waals surface area contributed by atoms with Gasteiger partial charge in [-0.25, -0.2) is 0 Å². The van der Waals surface area contributed by atoms with Gasteiger partial charge in [-0.2, -0.15) is 10.2 Å². The van der Waals surface area contributed by atoms with Crippen LogP contribution in [0.25, 0.3) is 10.9 Å². The van der Waals surface area contributed by atoms with E-state index in [1.165, 1.54) is 4.88 Å². The van der Waals surface area contributed by atoms with Crippen LogP contribution in [0.4, 0.5) is 5.69 Å². The highest BCUT2D eigenvalue weighted by atomic mass is 32.1. The minimum atomic E-state index is 0.827. The largest absolute Gasteiger partial charge is 0.378 e. The molecule has 0 unspecified atom stereocenters. The normalized spacial score (nSPS) is 10.6. The maximum absolute atomic E-state index is 4.10. The van der Waals surface area contributed by atoms with Crippen molar-refractivity contribution in [1.82, 2.24) is 10.2 Å². The van der Waals surface area contributed by atoms with Crippen molar-refractivity contribution in [2.75, 3.05) is 5.32 Å². The zero-order valence-electron chi connectivity index (χ0n) is 9.13. The van der Waals surface area contributed by atoms with Crippen molar-refractivity contribution in [3.8, 4) is 0 Å². The van der Waals surface area contributed by atoms with Crippen LogP contribution in [0.1, 0.15) is 4.88 Å². The first-order valence-electron chi connectivity index (χ1n) is 5.40. The van der Waals surface area contributed by atoms with Crippen molar-refractivity contribution in [2.45, 2.75) is 6.54 Å². The molecular formula is C13H11N3S. The fourth-order valence-electron chi connectivity index (χ4n) is 1.74. The molecule has 17 heavy (non-hydrogen) atoms. The van der Waals surface area contributed by atoms with Gasteiger partial charge in [0.25, 0.3) is 0 Å². The number of benzene rings is 1. The van der Waals surface area contributed by atoms with Crippen LogP contribution in [0.15, 0.2) is 48.0 Å². The van der Waals surface area contributed by atoms with Gasteiger partial charge in [-0.15, -0.1) is 11.3 Å². The Kier molecular flexibility index (Phi) is 2.71. The Labute approximate surface area is 103 Å². The number of aromatic nitrogens is 2. The maximum atomic E-state index is 4.10. The number of anilines is 1. The lowest BCUT2D eigenvalue weighted by Crippen LogP contribution is -1.99. The van der Waals surface area contributed by atoms with Gasteiger partial charge in [0.05, 0.1) is 17.4 Å². The van der Waals surface area contributed by atoms with Crippen LogP contribution in [-0.2, 0) is 6.54 Å². The molecule has 0 radical (unpaired) electrons. The highest BCUT2D eigenvalue weighted by Crippen LogP contribution is 2.21. The number of nitrogens with one attached hydrogen (secondary N) is 1. The molecule has 0 saturated carbocycles. The highest BCUT2D eigenvalue weighted by Gasteiger charge is 2.01. The Balaban J connectivity index is 1.90. The van der Waals surface area contributed by atoms with E-state index in [0.29, 0.717) is 0 Å². The zero-order chi connectivity index (χ0) is 11.5. The number of rotatable bonds is 3. The average Bonchev–Trinajstić information content (AvgIpc) is 2.89. The molecule has 1 aromatic carbocycles. The predicted octanol–water partition coefficient (Wildman–Crippen LogP) is 3.30. The summed E-state index contributed by atoms with van der Waals surface area (Å²) in [5.41, 5.74) is 1.95. The van der Waals surface area contributed by atoms with E-state index in [0.717, 1.165) is 23.1 Å². The molecule has 2 aromatic heterocycles. The molecule has 0 aliphatic heterocycles. The molecule has 0 atom stereocenters. The summed E-state index contributed by atoms with van der Waals surface area (Å²) in [6.45, 7) is 0.827. The second-order valence-corrected chi connectivity index (χ2v) is 4.74. The summed E-state index contributed by atoms with van der Waals surface area (Å²) < 4.78 is 0. The van der Waals surface area contributed by atoms with Gasteiger partial charge in [0.15, 0.2) is 0 Å². The van der Waals surface area contributed by atoms with Crippen molar-refractivity contribution < 1.29 is 0 Å². The smallest absolute Gasteiger partial charge is 0.0950 e.